The van der Waals surface area contributed by atoms with Gasteiger partial charge in [0, 0.05) is 38.4 Å². The first-order valence-corrected chi connectivity index (χ1v) is 11.0. The molecule has 0 amide bonds. The monoisotopic (exact) mass is 526 g/mol. The molecule has 0 spiro atoms. The number of hydrogen-bond donors (Lipinski definition) is 2. The van der Waals surface area contributed by atoms with Gasteiger partial charge >= 0.3 is 0 Å². The molecular weight excluding hydrogens is 494 g/mol. The van der Waals surface area contributed by atoms with Crippen LogP contribution in [0, 0.1) is 5.82 Å². The maximum absolute atomic E-state index is 13.4. The molecule has 0 aliphatic carbocycles. The number of nitrogens with zero attached hydrogens (tertiary/aromatic N) is 2. The van der Waals surface area contributed by atoms with Crippen LogP contribution in [0.2, 0.25) is 0 Å². The summed E-state index contributed by atoms with van der Waals surface area (Å²) in [6.45, 7) is 7.11. The molecule has 0 unspecified atom stereocenters. The summed E-state index contributed by atoms with van der Waals surface area (Å²) in [6, 6.07) is 6.91. The minimum Gasteiger partial charge on any atom is -0.371 e. The van der Waals surface area contributed by atoms with Crippen LogP contribution in [-0.2, 0) is 9.84 Å². The van der Waals surface area contributed by atoms with Gasteiger partial charge in [0.25, 0.3) is 0 Å². The molecule has 2 rings (SSSR count). The Morgan fingerprint density at radius 2 is 1.93 bits per heavy atom. The van der Waals surface area contributed by atoms with Crippen molar-refractivity contribution in [1.82, 2.24) is 10.6 Å². The van der Waals surface area contributed by atoms with Gasteiger partial charge < -0.3 is 15.5 Å². The van der Waals surface area contributed by atoms with Gasteiger partial charge in [0.15, 0.2) is 15.8 Å². The lowest BCUT2D eigenvalue weighted by atomic mass is 10.0. The predicted octanol–water partition coefficient (Wildman–Crippen LogP) is 2.79. The molecule has 0 bridgehead atoms. The van der Waals surface area contributed by atoms with Crippen LogP contribution in [0.3, 0.4) is 0 Å². The minimum absolute atomic E-state index is 0. The number of aliphatic imine (C=N–C) groups is 1. The molecule has 1 fully saturated rings. The Bertz CT molecular complexity index is 757. The van der Waals surface area contributed by atoms with E-state index in [-0.39, 0.29) is 41.6 Å². The van der Waals surface area contributed by atoms with Crippen molar-refractivity contribution in [1.29, 1.82) is 0 Å². The predicted molar refractivity (Wildman–Crippen MR) is 125 cm³/mol. The van der Waals surface area contributed by atoms with Gasteiger partial charge in [0.2, 0.25) is 0 Å². The molecule has 160 valence electrons. The van der Waals surface area contributed by atoms with Gasteiger partial charge in [-0.1, -0.05) is 6.07 Å². The number of hydrogen-bond acceptors (Lipinski definition) is 4. The normalized spacial score (nSPS) is 16.5. The Balaban J connectivity index is 0.00000392. The van der Waals surface area contributed by atoms with Crippen LogP contribution in [0.25, 0.3) is 0 Å². The zero-order valence-corrected chi connectivity index (χ0v) is 20.2. The summed E-state index contributed by atoms with van der Waals surface area (Å²) in [6.07, 6.45) is 1.80. The molecule has 0 atom stereocenters. The lowest BCUT2D eigenvalue weighted by Gasteiger charge is -2.34. The molecule has 1 heterocycles. The topological polar surface area (TPSA) is 73.8 Å². The quantitative estimate of drug-likeness (QED) is 0.351. The second-order valence-electron chi connectivity index (χ2n) is 7.82. The highest BCUT2D eigenvalue weighted by atomic mass is 127. The molecule has 2 N–H and O–H groups in total. The lowest BCUT2D eigenvalue weighted by Crippen LogP contribution is -2.49. The van der Waals surface area contributed by atoms with E-state index in [2.05, 4.69) is 20.5 Å². The van der Waals surface area contributed by atoms with Gasteiger partial charge in [0.1, 0.15) is 5.82 Å². The molecule has 0 aromatic heterocycles. The van der Waals surface area contributed by atoms with Crippen molar-refractivity contribution in [2.75, 3.05) is 37.3 Å². The molecule has 6 nitrogen and oxygen atoms in total. The maximum atomic E-state index is 13.4. The number of anilines is 1. The van der Waals surface area contributed by atoms with Crippen molar-refractivity contribution in [2.24, 2.45) is 4.99 Å². The lowest BCUT2D eigenvalue weighted by molar-refractivity contribution is 0.461. The number of sulfone groups is 1. The number of nitrogens with one attached hydrogen (secondary N) is 2. The van der Waals surface area contributed by atoms with Crippen LogP contribution < -0.4 is 15.5 Å². The minimum atomic E-state index is -3.16. The largest absolute Gasteiger partial charge is 0.371 e. The fraction of sp³-hybridized carbons (Fsp3) is 0.632. The van der Waals surface area contributed by atoms with E-state index in [1.807, 2.05) is 6.07 Å². The SMILES string of the molecule is CN=C(NCCS(=O)(=O)C(C)(C)C)NC1CCN(c2cccc(F)c2)CC1.I. The molecule has 1 aromatic rings. The van der Waals surface area contributed by atoms with Gasteiger partial charge in [-0.15, -0.1) is 24.0 Å². The fourth-order valence-electron chi connectivity index (χ4n) is 2.95. The number of rotatable bonds is 5. The van der Waals surface area contributed by atoms with Gasteiger partial charge in [0.05, 0.1) is 10.5 Å². The second-order valence-corrected chi connectivity index (χ2v) is 10.7. The molecule has 0 radical (unpaired) electrons. The van der Waals surface area contributed by atoms with Crippen molar-refractivity contribution in [3.8, 4) is 0 Å². The van der Waals surface area contributed by atoms with Gasteiger partial charge in [-0.25, -0.2) is 12.8 Å². The summed E-state index contributed by atoms with van der Waals surface area (Å²) in [5.74, 6) is 0.459. The first kappa shape index (κ1) is 24.9. The fourth-order valence-corrected chi connectivity index (χ4v) is 3.94. The van der Waals surface area contributed by atoms with Crippen LogP contribution in [0.4, 0.5) is 10.1 Å². The molecule has 28 heavy (non-hydrogen) atoms. The molecule has 1 saturated heterocycles. The number of piperidine rings is 1. The van der Waals surface area contributed by atoms with Gasteiger partial charge in [-0.05, 0) is 51.8 Å². The van der Waals surface area contributed by atoms with Crippen LogP contribution in [0.5, 0.6) is 0 Å². The average Bonchev–Trinajstić information content (AvgIpc) is 2.60. The first-order valence-electron chi connectivity index (χ1n) is 9.32. The number of guanidine groups is 1. The van der Waals surface area contributed by atoms with Crippen LogP contribution in [0.15, 0.2) is 29.3 Å². The molecule has 9 heteroatoms. The Labute approximate surface area is 185 Å². The van der Waals surface area contributed by atoms with Crippen molar-refractivity contribution in [2.45, 2.75) is 44.4 Å². The number of halogens is 2. The third kappa shape index (κ3) is 7.06. The smallest absolute Gasteiger partial charge is 0.191 e. The van der Waals surface area contributed by atoms with Crippen LogP contribution in [-0.4, -0.2) is 57.6 Å². The van der Waals surface area contributed by atoms with Crippen LogP contribution >= 0.6 is 24.0 Å². The van der Waals surface area contributed by atoms with E-state index in [9.17, 15) is 12.8 Å². The van der Waals surface area contributed by atoms with Crippen molar-refractivity contribution >= 4 is 45.5 Å². The summed E-state index contributed by atoms with van der Waals surface area (Å²) in [4.78, 5) is 6.36. The van der Waals surface area contributed by atoms with Gasteiger partial charge in [-0.3, -0.25) is 4.99 Å². The molecule has 0 saturated carbocycles. The van der Waals surface area contributed by atoms with E-state index in [0.29, 0.717) is 12.5 Å². The standard InChI is InChI=1S/C19H31FN4O2S.HI/c1-19(2,3)27(25,26)13-10-22-18(21-4)23-16-8-11-24(12-9-16)17-7-5-6-15(20)14-17;/h5-7,14,16H,8-13H2,1-4H3,(H2,21,22,23);1H. The third-order valence-electron chi connectivity index (χ3n) is 4.83. The van der Waals surface area contributed by atoms with E-state index in [1.165, 1.54) is 6.07 Å². The summed E-state index contributed by atoms with van der Waals surface area (Å²) in [5, 5.41) is 6.45. The maximum Gasteiger partial charge on any atom is 0.191 e. The second kappa shape index (κ2) is 10.6. The summed E-state index contributed by atoms with van der Waals surface area (Å²) < 4.78 is 37.0. The highest BCUT2D eigenvalue weighted by Gasteiger charge is 2.28. The van der Waals surface area contributed by atoms with Crippen molar-refractivity contribution < 1.29 is 12.8 Å². The number of benzene rings is 1. The Morgan fingerprint density at radius 3 is 2.46 bits per heavy atom. The Hall–Kier alpha value is -1.10. The van der Waals surface area contributed by atoms with E-state index in [1.54, 1.807) is 40.0 Å². The molecule has 1 aromatic carbocycles. The molecule has 1 aliphatic rings. The van der Waals surface area contributed by atoms with E-state index in [4.69, 9.17) is 0 Å². The molecular formula is C19H32FIN4O2S. The Morgan fingerprint density at radius 1 is 1.29 bits per heavy atom. The highest BCUT2D eigenvalue weighted by molar-refractivity contribution is 14.0. The Kier molecular flexibility index (Phi) is 9.45. The third-order valence-corrected chi connectivity index (χ3v) is 7.44. The summed E-state index contributed by atoms with van der Waals surface area (Å²) in [7, 11) is -1.48. The van der Waals surface area contributed by atoms with Crippen molar-refractivity contribution in [3.05, 3.63) is 30.1 Å². The zero-order chi connectivity index (χ0) is 20.1. The van der Waals surface area contributed by atoms with E-state index < -0.39 is 14.6 Å². The highest BCUT2D eigenvalue weighted by Crippen LogP contribution is 2.20. The van der Waals surface area contributed by atoms with Crippen LogP contribution in [0.1, 0.15) is 33.6 Å². The average molecular weight is 526 g/mol. The zero-order valence-electron chi connectivity index (χ0n) is 17.0. The van der Waals surface area contributed by atoms with Crippen molar-refractivity contribution in [3.63, 3.8) is 0 Å². The van der Waals surface area contributed by atoms with E-state index >= 15 is 0 Å². The van der Waals surface area contributed by atoms with E-state index in [0.717, 1.165) is 31.6 Å². The first-order chi connectivity index (χ1) is 12.6. The molecule has 1 aliphatic heterocycles. The van der Waals surface area contributed by atoms with Gasteiger partial charge in [-0.2, -0.15) is 0 Å². The summed E-state index contributed by atoms with van der Waals surface area (Å²) in [5.41, 5.74) is 0.906. The summed E-state index contributed by atoms with van der Waals surface area (Å²) >= 11 is 0.